The van der Waals surface area contributed by atoms with Crippen molar-refractivity contribution in [1.82, 2.24) is 0 Å². The van der Waals surface area contributed by atoms with Gasteiger partial charge in [0.1, 0.15) is 5.75 Å². The monoisotopic (exact) mass is 258 g/mol. The molecule has 0 heterocycles. The Labute approximate surface area is 116 Å². The van der Waals surface area contributed by atoms with E-state index in [0.717, 1.165) is 18.4 Å². The van der Waals surface area contributed by atoms with Crippen molar-refractivity contribution >= 4 is 5.97 Å². The van der Waals surface area contributed by atoms with E-state index in [9.17, 15) is 4.79 Å². The minimum absolute atomic E-state index is 0.163. The molecule has 0 saturated heterocycles. The number of terminal acetylenes is 1. The van der Waals surface area contributed by atoms with Crippen molar-refractivity contribution in [1.29, 1.82) is 0 Å². The molecule has 19 heavy (non-hydrogen) atoms. The number of ether oxygens (including phenoxy) is 1. The molecule has 0 unspecified atom stereocenters. The Balaban J connectivity index is 2.18. The zero-order valence-electron chi connectivity index (χ0n) is 11.7. The molecular formula is C17H22O2. The molecule has 0 aliphatic heterocycles. The van der Waals surface area contributed by atoms with E-state index in [1.54, 1.807) is 24.3 Å². The number of hydrogen-bond donors (Lipinski definition) is 0. The molecule has 102 valence electrons. The Morgan fingerprint density at radius 1 is 1.11 bits per heavy atom. The van der Waals surface area contributed by atoms with E-state index in [4.69, 9.17) is 11.2 Å². The van der Waals surface area contributed by atoms with Crippen LogP contribution in [0.2, 0.25) is 0 Å². The summed E-state index contributed by atoms with van der Waals surface area (Å²) in [5, 5.41) is 0. The Hall–Kier alpha value is -1.75. The van der Waals surface area contributed by atoms with Gasteiger partial charge >= 0.3 is 5.97 Å². The number of hydrogen-bond acceptors (Lipinski definition) is 2. The molecule has 0 fully saturated rings. The largest absolute Gasteiger partial charge is 0.427 e. The highest BCUT2D eigenvalue weighted by Crippen LogP contribution is 2.13. The van der Waals surface area contributed by atoms with Crippen LogP contribution in [0.1, 0.15) is 57.4 Å². The highest BCUT2D eigenvalue weighted by atomic mass is 16.5. The van der Waals surface area contributed by atoms with Gasteiger partial charge < -0.3 is 4.74 Å². The third kappa shape index (κ3) is 6.67. The van der Waals surface area contributed by atoms with Gasteiger partial charge in [-0.05, 0) is 30.7 Å². The molecule has 1 rings (SSSR count). The maximum absolute atomic E-state index is 11.6. The van der Waals surface area contributed by atoms with Gasteiger partial charge in [0.15, 0.2) is 0 Å². The molecule has 0 aliphatic rings. The van der Waals surface area contributed by atoms with Crippen LogP contribution in [-0.2, 0) is 4.79 Å². The first kappa shape index (κ1) is 15.3. The van der Waals surface area contributed by atoms with Gasteiger partial charge in [-0.3, -0.25) is 4.79 Å². The predicted octanol–water partition coefficient (Wildman–Crippen LogP) is 4.32. The minimum atomic E-state index is -0.163. The molecule has 0 spiro atoms. The van der Waals surface area contributed by atoms with Gasteiger partial charge in [0.05, 0.1) is 0 Å². The Kier molecular flexibility index (Phi) is 7.43. The van der Waals surface area contributed by atoms with E-state index < -0.39 is 0 Å². The van der Waals surface area contributed by atoms with E-state index in [1.807, 2.05) is 0 Å². The fourth-order valence-electron chi connectivity index (χ4n) is 1.85. The van der Waals surface area contributed by atoms with Gasteiger partial charge in [-0.25, -0.2) is 0 Å². The summed E-state index contributed by atoms with van der Waals surface area (Å²) in [6.45, 7) is 2.20. The molecule has 0 aromatic heterocycles. The number of benzene rings is 1. The Morgan fingerprint density at radius 3 is 2.37 bits per heavy atom. The average Bonchev–Trinajstić information content (AvgIpc) is 2.43. The van der Waals surface area contributed by atoms with Gasteiger partial charge in [-0.1, -0.05) is 44.9 Å². The molecule has 0 amide bonds. The number of rotatable bonds is 8. The number of carbonyl (C=O) groups is 1. The lowest BCUT2D eigenvalue weighted by Crippen LogP contribution is -2.07. The van der Waals surface area contributed by atoms with Gasteiger partial charge in [0.2, 0.25) is 0 Å². The van der Waals surface area contributed by atoms with Crippen LogP contribution in [0.15, 0.2) is 24.3 Å². The zero-order valence-corrected chi connectivity index (χ0v) is 11.7. The van der Waals surface area contributed by atoms with Crippen LogP contribution < -0.4 is 4.74 Å². The Morgan fingerprint density at radius 2 is 1.74 bits per heavy atom. The molecule has 2 nitrogen and oxygen atoms in total. The molecule has 0 N–H and O–H groups in total. The third-order valence-electron chi connectivity index (χ3n) is 2.99. The fraction of sp³-hybridized carbons (Fsp3) is 0.471. The van der Waals surface area contributed by atoms with E-state index >= 15 is 0 Å². The molecule has 0 aliphatic carbocycles. The van der Waals surface area contributed by atoms with E-state index in [2.05, 4.69) is 12.8 Å². The molecule has 0 bridgehead atoms. The second-order valence-electron chi connectivity index (χ2n) is 4.66. The van der Waals surface area contributed by atoms with Crippen molar-refractivity contribution in [3.05, 3.63) is 29.8 Å². The van der Waals surface area contributed by atoms with Crippen molar-refractivity contribution in [2.45, 2.75) is 51.9 Å². The van der Waals surface area contributed by atoms with E-state index in [-0.39, 0.29) is 5.97 Å². The first-order valence-electron chi connectivity index (χ1n) is 7.03. The molecule has 0 saturated carbocycles. The summed E-state index contributed by atoms with van der Waals surface area (Å²) < 4.78 is 5.23. The molecule has 2 heteroatoms. The summed E-state index contributed by atoms with van der Waals surface area (Å²) in [6, 6.07) is 7.00. The molecule has 0 atom stereocenters. The van der Waals surface area contributed by atoms with Crippen LogP contribution in [-0.4, -0.2) is 5.97 Å². The maximum Gasteiger partial charge on any atom is 0.311 e. The number of carbonyl (C=O) groups excluding carboxylic acids is 1. The number of esters is 1. The predicted molar refractivity (Wildman–Crippen MR) is 78.0 cm³/mol. The topological polar surface area (TPSA) is 26.3 Å². The third-order valence-corrected chi connectivity index (χ3v) is 2.99. The minimum Gasteiger partial charge on any atom is -0.427 e. The second kappa shape index (κ2) is 9.22. The van der Waals surface area contributed by atoms with Crippen molar-refractivity contribution in [2.75, 3.05) is 0 Å². The second-order valence-corrected chi connectivity index (χ2v) is 4.66. The van der Waals surface area contributed by atoms with Crippen molar-refractivity contribution in [3.63, 3.8) is 0 Å². The van der Waals surface area contributed by atoms with Gasteiger partial charge in [0.25, 0.3) is 0 Å². The zero-order chi connectivity index (χ0) is 13.9. The molecule has 1 aromatic rings. The van der Waals surface area contributed by atoms with Crippen molar-refractivity contribution < 1.29 is 9.53 Å². The van der Waals surface area contributed by atoms with Crippen molar-refractivity contribution in [3.8, 4) is 18.1 Å². The first-order valence-corrected chi connectivity index (χ1v) is 7.03. The summed E-state index contributed by atoms with van der Waals surface area (Å²) in [5.41, 5.74) is 0.788. The van der Waals surface area contributed by atoms with Crippen LogP contribution in [0.4, 0.5) is 0 Å². The highest BCUT2D eigenvalue weighted by Gasteiger charge is 2.04. The SMILES string of the molecule is C#Cc1ccc(OC(=O)CCCCCCCC)cc1. The van der Waals surface area contributed by atoms with E-state index in [0.29, 0.717) is 12.2 Å². The summed E-state index contributed by atoms with van der Waals surface area (Å²) in [7, 11) is 0. The van der Waals surface area contributed by atoms with Crippen LogP contribution in [0.5, 0.6) is 5.75 Å². The normalized spacial score (nSPS) is 9.89. The molecule has 1 aromatic carbocycles. The lowest BCUT2D eigenvalue weighted by Gasteiger charge is -2.04. The lowest BCUT2D eigenvalue weighted by atomic mass is 10.1. The maximum atomic E-state index is 11.6. The average molecular weight is 258 g/mol. The van der Waals surface area contributed by atoms with Gasteiger partial charge in [-0.2, -0.15) is 0 Å². The first-order chi connectivity index (χ1) is 9.26. The van der Waals surface area contributed by atoms with Gasteiger partial charge in [-0.15, -0.1) is 6.42 Å². The summed E-state index contributed by atoms with van der Waals surface area (Å²) in [5.74, 6) is 2.93. The summed E-state index contributed by atoms with van der Waals surface area (Å²) in [6.07, 6.45) is 12.8. The quantitative estimate of drug-likeness (QED) is 0.300. The van der Waals surface area contributed by atoms with Crippen LogP contribution >= 0.6 is 0 Å². The van der Waals surface area contributed by atoms with Crippen molar-refractivity contribution in [2.24, 2.45) is 0 Å². The van der Waals surface area contributed by atoms with Crippen LogP contribution in [0, 0.1) is 12.3 Å². The lowest BCUT2D eigenvalue weighted by molar-refractivity contribution is -0.134. The van der Waals surface area contributed by atoms with Crippen LogP contribution in [0.3, 0.4) is 0 Å². The molecule has 0 radical (unpaired) electrons. The standard InChI is InChI=1S/C17H22O2/c1-3-5-6-7-8-9-10-17(18)19-16-13-11-15(4-2)12-14-16/h2,11-14H,3,5-10H2,1H3. The fourth-order valence-corrected chi connectivity index (χ4v) is 1.85. The summed E-state index contributed by atoms with van der Waals surface area (Å²) in [4.78, 5) is 11.6. The van der Waals surface area contributed by atoms with Gasteiger partial charge in [0, 0.05) is 12.0 Å². The Bertz CT molecular complexity index is 412. The molecular weight excluding hydrogens is 236 g/mol. The van der Waals surface area contributed by atoms with Crippen LogP contribution in [0.25, 0.3) is 0 Å². The highest BCUT2D eigenvalue weighted by molar-refractivity contribution is 5.72. The number of unbranched alkanes of at least 4 members (excludes halogenated alkanes) is 5. The summed E-state index contributed by atoms with van der Waals surface area (Å²) >= 11 is 0. The smallest absolute Gasteiger partial charge is 0.311 e. The van der Waals surface area contributed by atoms with E-state index in [1.165, 1.54) is 25.7 Å².